The SMILES string of the molecule is COc1ccc(NC(=O)[C@H](C)OC(=O)[C@H](C)N2C(=O)[C@H]3CCCC[C@@H]3C2=O)cc1. The Hall–Kier alpha value is -2.90. The number of carbonyl (C=O) groups is 4. The quantitative estimate of drug-likeness (QED) is 0.578. The number of carbonyl (C=O) groups excluding carboxylic acids is 4. The summed E-state index contributed by atoms with van der Waals surface area (Å²) in [5.41, 5.74) is 0.528. The Bertz CT molecular complexity index is 782. The predicted molar refractivity (Wildman–Crippen MR) is 104 cm³/mol. The van der Waals surface area contributed by atoms with Crippen molar-refractivity contribution in [3.05, 3.63) is 24.3 Å². The highest BCUT2D eigenvalue weighted by Gasteiger charge is 2.51. The molecule has 1 aliphatic heterocycles. The summed E-state index contributed by atoms with van der Waals surface area (Å²) in [4.78, 5) is 51.1. The van der Waals surface area contributed by atoms with Crippen LogP contribution in [0.25, 0.3) is 0 Å². The van der Waals surface area contributed by atoms with Crippen LogP contribution < -0.4 is 10.1 Å². The highest BCUT2D eigenvalue weighted by molar-refractivity contribution is 6.08. The van der Waals surface area contributed by atoms with Crippen LogP contribution in [0, 0.1) is 11.8 Å². The molecule has 1 aromatic carbocycles. The standard InChI is InChI=1S/C21H26N2O6/c1-12(23-19(25)16-6-4-5-7-17(16)20(23)26)21(27)29-13(2)18(24)22-14-8-10-15(28-3)11-9-14/h8-13,16-17H,4-7H2,1-3H3,(H,22,24)/t12-,13-,16-,17-/m0/s1. The number of amides is 3. The van der Waals surface area contributed by atoms with Crippen molar-refractivity contribution >= 4 is 29.4 Å². The van der Waals surface area contributed by atoms with E-state index < -0.39 is 24.0 Å². The Morgan fingerprint density at radius 3 is 2.10 bits per heavy atom. The minimum absolute atomic E-state index is 0.306. The van der Waals surface area contributed by atoms with Crippen LogP contribution in [0.15, 0.2) is 24.3 Å². The van der Waals surface area contributed by atoms with Gasteiger partial charge in [-0.3, -0.25) is 19.3 Å². The Kier molecular flexibility index (Phi) is 6.20. The molecule has 0 unspecified atom stereocenters. The van der Waals surface area contributed by atoms with E-state index in [0.29, 0.717) is 24.3 Å². The first kappa shape index (κ1) is 20.8. The predicted octanol–water partition coefficient (Wildman–Crippen LogP) is 2.13. The molecule has 29 heavy (non-hydrogen) atoms. The maximum atomic E-state index is 12.6. The molecule has 0 bridgehead atoms. The maximum Gasteiger partial charge on any atom is 0.329 e. The van der Waals surface area contributed by atoms with Crippen molar-refractivity contribution in [1.82, 2.24) is 4.90 Å². The molecule has 1 heterocycles. The van der Waals surface area contributed by atoms with Gasteiger partial charge >= 0.3 is 5.97 Å². The highest BCUT2D eigenvalue weighted by atomic mass is 16.5. The lowest BCUT2D eigenvalue weighted by Crippen LogP contribution is -2.46. The molecule has 2 fully saturated rings. The topological polar surface area (TPSA) is 102 Å². The van der Waals surface area contributed by atoms with Gasteiger partial charge < -0.3 is 14.8 Å². The fourth-order valence-corrected chi connectivity index (χ4v) is 3.92. The van der Waals surface area contributed by atoms with Gasteiger partial charge in [0.2, 0.25) is 11.8 Å². The Labute approximate surface area is 169 Å². The van der Waals surface area contributed by atoms with Crippen LogP contribution in [0.5, 0.6) is 5.75 Å². The number of hydrogen-bond acceptors (Lipinski definition) is 6. The molecule has 1 N–H and O–H groups in total. The van der Waals surface area contributed by atoms with E-state index >= 15 is 0 Å². The van der Waals surface area contributed by atoms with E-state index in [-0.39, 0.29) is 23.7 Å². The molecular weight excluding hydrogens is 376 g/mol. The number of hydrogen-bond donors (Lipinski definition) is 1. The molecule has 3 amide bonds. The van der Waals surface area contributed by atoms with E-state index in [9.17, 15) is 19.2 Å². The summed E-state index contributed by atoms with van der Waals surface area (Å²) in [6.45, 7) is 2.90. The Morgan fingerprint density at radius 1 is 1.03 bits per heavy atom. The second kappa shape index (κ2) is 8.63. The molecule has 156 valence electrons. The molecule has 2 aliphatic rings. The van der Waals surface area contributed by atoms with Crippen LogP contribution >= 0.6 is 0 Å². The molecule has 3 rings (SSSR count). The molecule has 1 aromatic rings. The van der Waals surface area contributed by atoms with Crippen LogP contribution in [-0.2, 0) is 23.9 Å². The number of imide groups is 1. The van der Waals surface area contributed by atoms with Crippen LogP contribution in [-0.4, -0.2) is 47.8 Å². The molecule has 1 saturated heterocycles. The second-order valence-electron chi connectivity index (χ2n) is 7.52. The summed E-state index contributed by atoms with van der Waals surface area (Å²) in [5, 5.41) is 2.65. The van der Waals surface area contributed by atoms with E-state index in [1.807, 2.05) is 0 Å². The molecule has 1 aliphatic carbocycles. The van der Waals surface area contributed by atoms with Gasteiger partial charge in [0.1, 0.15) is 11.8 Å². The summed E-state index contributed by atoms with van der Waals surface area (Å²) < 4.78 is 10.3. The first-order chi connectivity index (χ1) is 13.8. The third-order valence-electron chi connectivity index (χ3n) is 5.62. The van der Waals surface area contributed by atoms with Crippen molar-refractivity contribution in [2.75, 3.05) is 12.4 Å². The number of ether oxygens (including phenoxy) is 2. The van der Waals surface area contributed by atoms with E-state index in [0.717, 1.165) is 17.7 Å². The van der Waals surface area contributed by atoms with Gasteiger partial charge in [-0.15, -0.1) is 0 Å². The molecule has 1 saturated carbocycles. The van der Waals surface area contributed by atoms with Gasteiger partial charge in [-0.05, 0) is 51.0 Å². The third kappa shape index (κ3) is 4.26. The lowest BCUT2D eigenvalue weighted by molar-refractivity contribution is -0.163. The Balaban J connectivity index is 1.58. The molecular formula is C21H26N2O6. The van der Waals surface area contributed by atoms with Gasteiger partial charge in [0, 0.05) is 5.69 Å². The fourth-order valence-electron chi connectivity index (χ4n) is 3.92. The zero-order valence-electron chi connectivity index (χ0n) is 16.8. The van der Waals surface area contributed by atoms with Gasteiger partial charge in [0.15, 0.2) is 6.10 Å². The van der Waals surface area contributed by atoms with Crippen molar-refractivity contribution in [3.8, 4) is 5.75 Å². The van der Waals surface area contributed by atoms with Gasteiger partial charge in [-0.1, -0.05) is 12.8 Å². The number of rotatable bonds is 6. The van der Waals surface area contributed by atoms with Gasteiger partial charge in [0.25, 0.3) is 5.91 Å². The van der Waals surface area contributed by atoms with E-state index in [4.69, 9.17) is 9.47 Å². The summed E-state index contributed by atoms with van der Waals surface area (Å²) in [6, 6.07) is 5.66. The molecule has 8 heteroatoms. The first-order valence-electron chi connectivity index (χ1n) is 9.85. The van der Waals surface area contributed by atoms with Crippen molar-refractivity contribution < 1.29 is 28.7 Å². The monoisotopic (exact) mass is 402 g/mol. The normalized spacial score (nSPS) is 23.2. The lowest BCUT2D eigenvalue weighted by atomic mass is 9.81. The number of anilines is 1. The average Bonchev–Trinajstić information content (AvgIpc) is 2.98. The lowest BCUT2D eigenvalue weighted by Gasteiger charge is -2.23. The number of fused-ring (bicyclic) bond motifs is 1. The van der Waals surface area contributed by atoms with Gasteiger partial charge in [-0.2, -0.15) is 0 Å². The number of nitrogens with zero attached hydrogens (tertiary/aromatic N) is 1. The molecule has 8 nitrogen and oxygen atoms in total. The van der Waals surface area contributed by atoms with E-state index in [2.05, 4.69) is 5.32 Å². The van der Waals surface area contributed by atoms with Crippen molar-refractivity contribution in [3.63, 3.8) is 0 Å². The second-order valence-corrected chi connectivity index (χ2v) is 7.52. The van der Waals surface area contributed by atoms with Crippen molar-refractivity contribution in [2.45, 2.75) is 51.7 Å². The number of likely N-dealkylation sites (tertiary alicyclic amines) is 1. The summed E-state index contributed by atoms with van der Waals surface area (Å²) in [7, 11) is 1.54. The zero-order chi connectivity index (χ0) is 21.1. The Morgan fingerprint density at radius 2 is 1.59 bits per heavy atom. The zero-order valence-corrected chi connectivity index (χ0v) is 16.8. The van der Waals surface area contributed by atoms with Gasteiger partial charge in [0.05, 0.1) is 18.9 Å². The first-order valence-corrected chi connectivity index (χ1v) is 9.85. The average molecular weight is 402 g/mol. The highest BCUT2D eigenvalue weighted by Crippen LogP contribution is 2.38. The van der Waals surface area contributed by atoms with Crippen LogP contribution in [0.3, 0.4) is 0 Å². The maximum absolute atomic E-state index is 12.6. The number of benzene rings is 1. The minimum atomic E-state index is -1.08. The van der Waals surface area contributed by atoms with Crippen LogP contribution in [0.1, 0.15) is 39.5 Å². The molecule has 4 atom stereocenters. The summed E-state index contributed by atoms with van der Waals surface area (Å²) >= 11 is 0. The fraction of sp³-hybridized carbons (Fsp3) is 0.524. The van der Waals surface area contributed by atoms with E-state index in [1.54, 1.807) is 31.4 Å². The number of nitrogens with one attached hydrogen (secondary N) is 1. The smallest absolute Gasteiger partial charge is 0.329 e. The number of esters is 1. The van der Waals surface area contributed by atoms with Gasteiger partial charge in [-0.25, -0.2) is 4.79 Å². The summed E-state index contributed by atoms with van der Waals surface area (Å²) in [5.74, 6) is -1.91. The third-order valence-corrected chi connectivity index (χ3v) is 5.62. The largest absolute Gasteiger partial charge is 0.497 e. The minimum Gasteiger partial charge on any atom is -0.497 e. The summed E-state index contributed by atoms with van der Waals surface area (Å²) in [6.07, 6.45) is 2.09. The van der Waals surface area contributed by atoms with E-state index in [1.165, 1.54) is 13.8 Å². The van der Waals surface area contributed by atoms with Crippen LogP contribution in [0.4, 0.5) is 5.69 Å². The van der Waals surface area contributed by atoms with Crippen molar-refractivity contribution in [1.29, 1.82) is 0 Å². The molecule has 0 aromatic heterocycles. The molecule has 0 spiro atoms. The molecule has 0 radical (unpaired) electrons. The van der Waals surface area contributed by atoms with Crippen LogP contribution in [0.2, 0.25) is 0 Å². The van der Waals surface area contributed by atoms with Crippen molar-refractivity contribution in [2.24, 2.45) is 11.8 Å². The number of methoxy groups -OCH3 is 1.